The molecule has 0 aliphatic heterocycles. The molecule has 0 radical (unpaired) electrons. The van der Waals surface area contributed by atoms with Gasteiger partial charge >= 0.3 is 0 Å². The minimum absolute atomic E-state index is 0. The van der Waals surface area contributed by atoms with Crippen molar-refractivity contribution in [1.82, 2.24) is 24.1 Å². The summed E-state index contributed by atoms with van der Waals surface area (Å²) in [4.78, 5) is 34.1. The van der Waals surface area contributed by atoms with Gasteiger partial charge in [0.1, 0.15) is 22.8 Å². The number of amides is 2. The maximum absolute atomic E-state index is 12.6. The molecule has 0 aromatic carbocycles. The first-order valence-corrected chi connectivity index (χ1v) is 17.4. The number of imidazole rings is 2. The fraction of sp³-hybridized carbons (Fsp3) is 0.590. The molecule has 4 bridgehead atoms. The minimum Gasteiger partial charge on any atom is -0.350 e. The molecular weight excluding hydrogens is 584 g/mol. The fourth-order valence-electron chi connectivity index (χ4n) is 9.71. The molecule has 0 saturated heterocycles. The van der Waals surface area contributed by atoms with Crippen LogP contribution in [0.15, 0.2) is 48.8 Å². The number of carbonyl (C=O) groups is 2. The van der Waals surface area contributed by atoms with E-state index in [9.17, 15) is 9.59 Å². The second-order valence-electron chi connectivity index (χ2n) is 15.9. The summed E-state index contributed by atoms with van der Waals surface area (Å²) in [6.45, 7) is 14.3. The number of nitrogens with zero attached hydrogens (tertiary/aromatic N) is 4. The number of anilines is 1. The van der Waals surface area contributed by atoms with Crippen LogP contribution in [0.1, 0.15) is 102 Å². The molecule has 0 unspecified atom stereocenters. The largest absolute Gasteiger partial charge is 0.350 e. The molecule has 0 spiro atoms. The second-order valence-corrected chi connectivity index (χ2v) is 15.9. The third-order valence-corrected chi connectivity index (χ3v) is 12.7. The molecule has 8 nitrogen and oxygen atoms in total. The minimum atomic E-state index is 0. The number of rotatable bonds is 6. The van der Waals surface area contributed by atoms with Gasteiger partial charge in [0.2, 0.25) is 5.91 Å². The molecule has 47 heavy (non-hydrogen) atoms. The molecule has 10 rings (SSSR count). The number of nitrogens with one attached hydrogen (secondary N) is 2. The molecule has 4 aromatic heterocycles. The van der Waals surface area contributed by atoms with E-state index in [0.29, 0.717) is 34.8 Å². The van der Waals surface area contributed by atoms with E-state index in [-0.39, 0.29) is 19.2 Å². The smallest absolute Gasteiger partial charge is 0.268 e. The van der Waals surface area contributed by atoms with Gasteiger partial charge in [-0.15, -0.1) is 0 Å². The van der Waals surface area contributed by atoms with Gasteiger partial charge in [0.05, 0.1) is 11.4 Å². The lowest BCUT2D eigenvalue weighted by Crippen LogP contribution is -2.54. The summed E-state index contributed by atoms with van der Waals surface area (Å²) in [7, 11) is 0. The lowest BCUT2D eigenvalue weighted by molar-refractivity contribution is -0.128. The van der Waals surface area contributed by atoms with Crippen LogP contribution in [-0.4, -0.2) is 37.1 Å². The van der Waals surface area contributed by atoms with Gasteiger partial charge in [-0.1, -0.05) is 47.3 Å². The molecule has 4 heterocycles. The van der Waals surface area contributed by atoms with E-state index in [1.54, 1.807) is 0 Å². The van der Waals surface area contributed by atoms with E-state index in [1.165, 1.54) is 38.5 Å². The Bertz CT molecular complexity index is 1780. The average Bonchev–Trinajstić information content (AvgIpc) is 3.61. The summed E-state index contributed by atoms with van der Waals surface area (Å²) in [6, 6.07) is 11.5. The molecule has 6 saturated carbocycles. The zero-order valence-electron chi connectivity index (χ0n) is 28.3. The summed E-state index contributed by atoms with van der Waals surface area (Å²) < 4.78 is 3.84. The first kappa shape index (κ1) is 33.2. The monoisotopic (exact) mass is 638 g/mol. The number of hydrogen-bond acceptors (Lipinski definition) is 4. The lowest BCUT2D eigenvalue weighted by atomic mass is 9.45. The van der Waals surface area contributed by atoms with Crippen molar-refractivity contribution in [2.75, 3.05) is 11.9 Å². The van der Waals surface area contributed by atoms with Crippen molar-refractivity contribution in [3.05, 3.63) is 65.9 Å². The van der Waals surface area contributed by atoms with Crippen LogP contribution in [0.2, 0.25) is 0 Å². The maximum atomic E-state index is 12.6. The topological polar surface area (TPSA) is 92.8 Å². The molecule has 252 valence electrons. The normalized spacial score (nSPS) is 27.8. The van der Waals surface area contributed by atoms with Crippen LogP contribution in [0.4, 0.5) is 5.82 Å². The Morgan fingerprint density at radius 1 is 0.787 bits per heavy atom. The molecule has 6 atom stereocenters. The average molecular weight is 639 g/mol. The standard InChI is InChI=1S/2C19H25N3O.CH4/c1-12-11-22-16(5-4-6-17(22)21-12)18(23)20-10-13-7-8-14-9-15(13)19(14,2)3;1-12-11-22-16(20-12)5-4-6-17(22)21-18(23)9-13-7-8-14-10-15(13)19(14,2)3;/h4-6,11,13-15H,7-10H2,1-3H3,(H,20,23);4-6,11,13-15H,7-10H2,1-3H3,(H,21,23);1H4/t2*13-,14-,15-;/m11./s1. The Morgan fingerprint density at radius 2 is 1.34 bits per heavy atom. The molecular formula is C39H54N6O2. The van der Waals surface area contributed by atoms with E-state index in [0.717, 1.165) is 58.7 Å². The van der Waals surface area contributed by atoms with Crippen molar-refractivity contribution in [2.24, 2.45) is 46.3 Å². The van der Waals surface area contributed by atoms with Crippen LogP contribution < -0.4 is 10.6 Å². The maximum Gasteiger partial charge on any atom is 0.268 e. The van der Waals surface area contributed by atoms with Crippen molar-refractivity contribution < 1.29 is 9.59 Å². The first-order chi connectivity index (χ1) is 21.9. The van der Waals surface area contributed by atoms with Crippen molar-refractivity contribution in [1.29, 1.82) is 0 Å². The Morgan fingerprint density at radius 3 is 1.96 bits per heavy atom. The van der Waals surface area contributed by atoms with Crippen molar-refractivity contribution in [3.63, 3.8) is 0 Å². The van der Waals surface area contributed by atoms with Crippen LogP contribution in [-0.2, 0) is 4.79 Å². The van der Waals surface area contributed by atoms with Gasteiger partial charge in [-0.05, 0) is 123 Å². The zero-order valence-corrected chi connectivity index (χ0v) is 28.3. The predicted molar refractivity (Wildman–Crippen MR) is 188 cm³/mol. The Labute approximate surface area is 280 Å². The van der Waals surface area contributed by atoms with Crippen LogP contribution >= 0.6 is 0 Å². The molecule has 2 N–H and O–H groups in total. The van der Waals surface area contributed by atoms with E-state index in [2.05, 4.69) is 48.3 Å². The lowest BCUT2D eigenvalue weighted by Gasteiger charge is -2.60. The molecule has 6 aliphatic rings. The number of hydrogen-bond donors (Lipinski definition) is 2. The zero-order chi connectivity index (χ0) is 32.4. The molecule has 6 aliphatic carbocycles. The van der Waals surface area contributed by atoms with Gasteiger partial charge in [0.25, 0.3) is 5.91 Å². The van der Waals surface area contributed by atoms with E-state index in [4.69, 9.17) is 0 Å². The summed E-state index contributed by atoms with van der Waals surface area (Å²) in [5.74, 6) is 5.40. The molecule has 2 amide bonds. The Balaban J connectivity index is 0.000000161. The Kier molecular flexibility index (Phi) is 8.77. The number of aryl methyl sites for hydroxylation is 2. The fourth-order valence-corrected chi connectivity index (χ4v) is 9.71. The summed E-state index contributed by atoms with van der Waals surface area (Å²) in [5.41, 5.74) is 5.17. The van der Waals surface area contributed by atoms with Gasteiger partial charge in [-0.25, -0.2) is 9.97 Å². The third-order valence-electron chi connectivity index (χ3n) is 12.7. The van der Waals surface area contributed by atoms with Crippen LogP contribution in [0, 0.1) is 60.2 Å². The highest BCUT2D eigenvalue weighted by atomic mass is 16.2. The van der Waals surface area contributed by atoms with Crippen molar-refractivity contribution in [2.45, 2.75) is 93.9 Å². The van der Waals surface area contributed by atoms with Crippen molar-refractivity contribution >= 4 is 28.9 Å². The summed E-state index contributed by atoms with van der Waals surface area (Å²) in [6.07, 6.45) is 12.3. The Hall–Kier alpha value is -3.68. The second kappa shape index (κ2) is 12.4. The van der Waals surface area contributed by atoms with E-state index >= 15 is 0 Å². The highest BCUT2D eigenvalue weighted by molar-refractivity contribution is 5.93. The number of aromatic nitrogens is 4. The number of fused-ring (bicyclic) bond motifs is 6. The van der Waals surface area contributed by atoms with Gasteiger partial charge in [0.15, 0.2) is 0 Å². The highest BCUT2D eigenvalue weighted by Crippen LogP contribution is 2.62. The van der Waals surface area contributed by atoms with Gasteiger partial charge in [-0.2, -0.15) is 0 Å². The number of carbonyl (C=O) groups excluding carboxylic acids is 2. The first-order valence-electron chi connectivity index (χ1n) is 17.4. The van der Waals surface area contributed by atoms with E-state index < -0.39 is 0 Å². The molecule has 4 aromatic rings. The third kappa shape index (κ3) is 5.97. The van der Waals surface area contributed by atoms with Crippen LogP contribution in [0.25, 0.3) is 11.3 Å². The predicted octanol–water partition coefficient (Wildman–Crippen LogP) is 8.12. The van der Waals surface area contributed by atoms with E-state index in [1.807, 2.05) is 71.4 Å². The van der Waals surface area contributed by atoms with Gasteiger partial charge < -0.3 is 10.6 Å². The SMILES string of the molecule is C.Cc1cn2c(C(=O)NC[C@H]3CC[C@@H]4C[C@H]3C4(C)C)cccc2n1.Cc1cn2c(NC(=O)C[C@H]3CC[C@@H]4C[C@H]3C4(C)C)cccc2n1. The molecule has 6 fully saturated rings. The number of pyridine rings is 2. The van der Waals surface area contributed by atoms with Gasteiger partial charge in [-0.3, -0.25) is 18.4 Å². The summed E-state index contributed by atoms with van der Waals surface area (Å²) >= 11 is 0. The van der Waals surface area contributed by atoms with Crippen molar-refractivity contribution in [3.8, 4) is 0 Å². The van der Waals surface area contributed by atoms with Crippen LogP contribution in [0.5, 0.6) is 0 Å². The summed E-state index contributed by atoms with van der Waals surface area (Å²) in [5, 5.41) is 6.27. The van der Waals surface area contributed by atoms with Gasteiger partial charge in [0, 0.05) is 25.4 Å². The molecule has 8 heteroatoms. The van der Waals surface area contributed by atoms with Crippen LogP contribution in [0.3, 0.4) is 0 Å². The highest BCUT2D eigenvalue weighted by Gasteiger charge is 2.55. The quantitative estimate of drug-likeness (QED) is 0.223.